The summed E-state index contributed by atoms with van der Waals surface area (Å²) in [7, 11) is 0. The summed E-state index contributed by atoms with van der Waals surface area (Å²) in [4.78, 5) is 0. The second-order valence-corrected chi connectivity index (χ2v) is 6.43. The number of nitrogens with one attached hydrogen (secondary N) is 1. The molecule has 126 valence electrons. The van der Waals surface area contributed by atoms with E-state index in [9.17, 15) is 0 Å². The molecule has 1 N–H and O–H groups in total. The van der Waals surface area contributed by atoms with Crippen molar-refractivity contribution in [2.24, 2.45) is 0 Å². The summed E-state index contributed by atoms with van der Waals surface area (Å²) in [5.74, 6) is 2.14. The normalized spacial score (nSPS) is 14.9. The Morgan fingerprint density at radius 1 is 1.12 bits per heavy atom. The third-order valence-electron chi connectivity index (χ3n) is 3.91. The minimum absolute atomic E-state index is 0.635. The minimum Gasteiger partial charge on any atom is -0.439 e. The summed E-state index contributed by atoms with van der Waals surface area (Å²) in [5, 5.41) is 4.52. The van der Waals surface area contributed by atoms with Gasteiger partial charge in [-0.15, -0.1) is 0 Å². The zero-order valence-electron chi connectivity index (χ0n) is 13.4. The Kier molecular flexibility index (Phi) is 4.15. The number of aryl methyl sites for hydroxylation is 1. The van der Waals surface area contributed by atoms with E-state index in [1.165, 1.54) is 0 Å². The molecule has 0 unspecified atom stereocenters. The molecule has 0 radical (unpaired) electrons. The fraction of sp³-hybridized carbons (Fsp3) is 0.105. The number of halogens is 2. The van der Waals surface area contributed by atoms with E-state index in [4.69, 9.17) is 32.4 Å². The van der Waals surface area contributed by atoms with Crippen LogP contribution in [0.4, 0.5) is 5.69 Å². The number of anilines is 1. The first-order valence-corrected chi connectivity index (χ1v) is 8.64. The molecule has 25 heavy (non-hydrogen) atoms. The molecule has 0 spiro atoms. The van der Waals surface area contributed by atoms with Crippen LogP contribution in [0, 0.1) is 0 Å². The van der Waals surface area contributed by atoms with Gasteiger partial charge in [0.05, 0.1) is 11.8 Å². The van der Waals surface area contributed by atoms with E-state index in [0.29, 0.717) is 15.9 Å². The van der Waals surface area contributed by atoms with E-state index in [0.717, 1.165) is 35.0 Å². The predicted octanol–water partition coefficient (Wildman–Crippen LogP) is 5.41. The van der Waals surface area contributed by atoms with Gasteiger partial charge in [0, 0.05) is 16.1 Å². The van der Waals surface area contributed by atoms with Crippen LogP contribution in [0.2, 0.25) is 10.0 Å². The standard InChI is InChI=1S/C19H14Cl2N2O2/c1-2-23-15-11-13(21)7-9-17(15)25-19(23)5-3-4-18-22-14-10-12(20)6-8-16(14)24-18/h3-11H,2H2,1H3/p+1. The Morgan fingerprint density at radius 3 is 2.76 bits per heavy atom. The van der Waals surface area contributed by atoms with E-state index >= 15 is 0 Å². The molecule has 2 aromatic carbocycles. The van der Waals surface area contributed by atoms with Crippen LogP contribution in [0.25, 0.3) is 17.2 Å². The highest BCUT2D eigenvalue weighted by atomic mass is 35.5. The third-order valence-corrected chi connectivity index (χ3v) is 4.38. The van der Waals surface area contributed by atoms with Crippen molar-refractivity contribution in [3.05, 3.63) is 70.4 Å². The summed E-state index contributed by atoms with van der Waals surface area (Å²) in [5.41, 5.74) is 2.63. The molecule has 2 heterocycles. The van der Waals surface area contributed by atoms with E-state index in [-0.39, 0.29) is 0 Å². The molecule has 1 aromatic heterocycles. The van der Waals surface area contributed by atoms with Crippen molar-refractivity contribution >= 4 is 46.1 Å². The summed E-state index contributed by atoms with van der Waals surface area (Å²) in [6.45, 7) is 2.84. The van der Waals surface area contributed by atoms with Gasteiger partial charge >= 0.3 is 5.89 Å². The molecule has 0 aliphatic carbocycles. The first-order valence-electron chi connectivity index (χ1n) is 7.89. The summed E-state index contributed by atoms with van der Waals surface area (Å²) in [6.07, 6.45) is 5.61. The lowest BCUT2D eigenvalue weighted by Gasteiger charge is -1.94. The Labute approximate surface area is 154 Å². The minimum atomic E-state index is 0.635. The lowest BCUT2D eigenvalue weighted by Crippen LogP contribution is -2.33. The lowest BCUT2D eigenvalue weighted by molar-refractivity contribution is -0.674. The number of rotatable bonds is 3. The zero-order chi connectivity index (χ0) is 17.4. The largest absolute Gasteiger partial charge is 0.439 e. The van der Waals surface area contributed by atoms with Gasteiger partial charge in [-0.2, -0.15) is 4.57 Å². The third kappa shape index (κ3) is 3.11. The van der Waals surface area contributed by atoms with Gasteiger partial charge in [0.1, 0.15) is 6.54 Å². The molecule has 0 amide bonds. The van der Waals surface area contributed by atoms with E-state index in [2.05, 4.69) is 16.8 Å². The Morgan fingerprint density at radius 2 is 1.92 bits per heavy atom. The molecule has 1 aliphatic heterocycles. The van der Waals surface area contributed by atoms with Crippen molar-refractivity contribution in [2.45, 2.75) is 13.5 Å². The van der Waals surface area contributed by atoms with E-state index in [1.54, 1.807) is 6.07 Å². The molecular formula is C19H15Cl2N2O2+. The number of aromatic nitrogens is 1. The van der Waals surface area contributed by atoms with Gasteiger partial charge in [0.2, 0.25) is 5.58 Å². The van der Waals surface area contributed by atoms with Gasteiger partial charge in [-0.05, 0) is 49.4 Å². The van der Waals surface area contributed by atoms with Crippen molar-refractivity contribution in [3.63, 3.8) is 0 Å². The monoisotopic (exact) mass is 373 g/mol. The van der Waals surface area contributed by atoms with Crippen molar-refractivity contribution in [1.29, 1.82) is 0 Å². The summed E-state index contributed by atoms with van der Waals surface area (Å²) in [6, 6.07) is 11.1. The van der Waals surface area contributed by atoms with Crippen molar-refractivity contribution < 1.29 is 13.7 Å². The molecule has 1 aliphatic rings. The number of hydrogen-bond donors (Lipinski definition) is 1. The summed E-state index contributed by atoms with van der Waals surface area (Å²) < 4.78 is 13.7. The van der Waals surface area contributed by atoms with Gasteiger partial charge in [0.15, 0.2) is 11.6 Å². The second-order valence-electron chi connectivity index (χ2n) is 5.55. The number of allylic oxidation sites excluding steroid dienone is 2. The fourth-order valence-corrected chi connectivity index (χ4v) is 3.12. The van der Waals surface area contributed by atoms with Gasteiger partial charge in [0.25, 0.3) is 5.52 Å². The van der Waals surface area contributed by atoms with Crippen LogP contribution in [0.5, 0.6) is 5.75 Å². The predicted molar refractivity (Wildman–Crippen MR) is 99.9 cm³/mol. The topological polar surface area (TPSA) is 38.3 Å². The maximum Gasteiger partial charge on any atom is 0.374 e. The Hall–Kier alpha value is -2.43. The number of fused-ring (bicyclic) bond motifs is 2. The van der Waals surface area contributed by atoms with E-state index in [1.807, 2.05) is 48.6 Å². The Bertz CT molecular complexity index is 1020. The molecule has 0 saturated heterocycles. The number of benzene rings is 2. The number of ether oxygens (including phenoxy) is 1. The SMILES string of the molecule is CC[n+]1c(C=CC=C2Nc3cc(Cl)ccc3O2)oc2ccc(Cl)cc21. The number of nitrogens with zero attached hydrogens (tertiary/aromatic N) is 1. The first kappa shape index (κ1) is 16.1. The molecular weight excluding hydrogens is 359 g/mol. The molecule has 0 atom stereocenters. The van der Waals surface area contributed by atoms with Gasteiger partial charge in [-0.25, -0.2) is 0 Å². The maximum absolute atomic E-state index is 6.09. The van der Waals surface area contributed by atoms with Crippen LogP contribution in [-0.2, 0) is 6.54 Å². The second kappa shape index (κ2) is 6.47. The van der Waals surface area contributed by atoms with Crippen LogP contribution < -0.4 is 14.6 Å². The molecule has 0 fully saturated rings. The Balaban J connectivity index is 1.60. The molecule has 3 aromatic rings. The fourth-order valence-electron chi connectivity index (χ4n) is 2.78. The highest BCUT2D eigenvalue weighted by Crippen LogP contribution is 2.35. The van der Waals surface area contributed by atoms with Crippen LogP contribution in [0.15, 0.2) is 58.9 Å². The average Bonchev–Trinajstić information content (AvgIpc) is 3.14. The number of oxazole rings is 1. The van der Waals surface area contributed by atoms with Crippen molar-refractivity contribution in [2.75, 3.05) is 5.32 Å². The van der Waals surface area contributed by atoms with Crippen molar-refractivity contribution in [1.82, 2.24) is 0 Å². The highest BCUT2D eigenvalue weighted by Gasteiger charge is 2.19. The van der Waals surface area contributed by atoms with Crippen LogP contribution in [0.1, 0.15) is 12.8 Å². The van der Waals surface area contributed by atoms with Crippen molar-refractivity contribution in [3.8, 4) is 5.75 Å². The first-order chi connectivity index (χ1) is 12.1. The smallest absolute Gasteiger partial charge is 0.374 e. The van der Waals surface area contributed by atoms with Crippen LogP contribution >= 0.6 is 23.2 Å². The van der Waals surface area contributed by atoms with Crippen LogP contribution in [0.3, 0.4) is 0 Å². The highest BCUT2D eigenvalue weighted by molar-refractivity contribution is 6.31. The lowest BCUT2D eigenvalue weighted by atomic mass is 10.3. The van der Waals surface area contributed by atoms with Gasteiger partial charge < -0.3 is 14.5 Å². The zero-order valence-corrected chi connectivity index (χ0v) is 14.9. The molecule has 4 rings (SSSR count). The molecule has 0 saturated carbocycles. The molecule has 0 bridgehead atoms. The quantitative estimate of drug-likeness (QED) is 0.624. The average molecular weight is 374 g/mol. The molecule has 6 heteroatoms. The van der Waals surface area contributed by atoms with E-state index < -0.39 is 0 Å². The van der Waals surface area contributed by atoms with Gasteiger partial charge in [-0.1, -0.05) is 23.2 Å². The molecule has 4 nitrogen and oxygen atoms in total. The number of hydrogen-bond acceptors (Lipinski definition) is 3. The van der Waals surface area contributed by atoms with Gasteiger partial charge in [-0.3, -0.25) is 0 Å². The van der Waals surface area contributed by atoms with Crippen LogP contribution in [-0.4, -0.2) is 0 Å². The summed E-state index contributed by atoms with van der Waals surface area (Å²) >= 11 is 12.1. The maximum atomic E-state index is 6.09.